The van der Waals surface area contributed by atoms with Gasteiger partial charge in [-0.05, 0) is 64.3 Å². The van der Waals surface area contributed by atoms with Gasteiger partial charge in [0.05, 0.1) is 5.39 Å². The zero-order chi connectivity index (χ0) is 16.4. The molecule has 0 bridgehead atoms. The Balaban J connectivity index is 1.68. The van der Waals surface area contributed by atoms with Crippen molar-refractivity contribution in [2.75, 3.05) is 37.7 Å². The molecule has 1 saturated heterocycles. The fraction of sp³-hybridized carbons (Fsp3) is 0.588. The number of piperidine rings is 1. The summed E-state index contributed by atoms with van der Waals surface area (Å²) in [6, 6.07) is 2.01. The Hall–Kier alpha value is -1.95. The summed E-state index contributed by atoms with van der Waals surface area (Å²) in [6.07, 6.45) is 3.74. The third kappa shape index (κ3) is 3.69. The number of nitrogens with zero attached hydrogens (tertiary/aromatic N) is 4. The summed E-state index contributed by atoms with van der Waals surface area (Å²) < 4.78 is 0. The lowest BCUT2D eigenvalue weighted by Gasteiger charge is -2.29. The second-order valence-corrected chi connectivity index (χ2v) is 6.70. The number of aryl methyl sites for hydroxylation is 2. The van der Waals surface area contributed by atoms with Gasteiger partial charge in [-0.15, -0.1) is 0 Å². The molecular formula is C17H26N6. The van der Waals surface area contributed by atoms with E-state index in [2.05, 4.69) is 32.2 Å². The predicted octanol–water partition coefficient (Wildman–Crippen LogP) is 2.37. The first-order chi connectivity index (χ1) is 11.0. The van der Waals surface area contributed by atoms with E-state index in [0.717, 1.165) is 35.5 Å². The standard InChI is InChI=1S/C17H26N6/c1-11-9-12(2)20-16-14(11)15(18)21-17(22-16)19-7-6-13-5-4-8-23(3)10-13/h9,13H,4-8,10H2,1-3H3,(H3,18,19,20,21,22). The van der Waals surface area contributed by atoms with Gasteiger partial charge in [-0.2, -0.15) is 9.97 Å². The Morgan fingerprint density at radius 1 is 1.30 bits per heavy atom. The number of likely N-dealkylation sites (tertiary alicyclic amines) is 1. The van der Waals surface area contributed by atoms with Gasteiger partial charge in [0.1, 0.15) is 5.82 Å². The summed E-state index contributed by atoms with van der Waals surface area (Å²) in [5, 5.41) is 4.17. The summed E-state index contributed by atoms with van der Waals surface area (Å²) >= 11 is 0. The van der Waals surface area contributed by atoms with Crippen LogP contribution in [0, 0.1) is 19.8 Å². The molecule has 1 atom stereocenters. The molecule has 3 heterocycles. The number of anilines is 2. The minimum absolute atomic E-state index is 0.500. The first kappa shape index (κ1) is 15.9. The molecule has 0 amide bonds. The van der Waals surface area contributed by atoms with Crippen molar-refractivity contribution in [1.29, 1.82) is 0 Å². The molecule has 1 aliphatic rings. The van der Waals surface area contributed by atoms with E-state index in [9.17, 15) is 0 Å². The monoisotopic (exact) mass is 314 g/mol. The molecule has 0 radical (unpaired) electrons. The third-order valence-electron chi connectivity index (χ3n) is 4.58. The molecule has 6 heteroatoms. The highest BCUT2D eigenvalue weighted by Crippen LogP contribution is 2.23. The van der Waals surface area contributed by atoms with Gasteiger partial charge < -0.3 is 16.0 Å². The highest BCUT2D eigenvalue weighted by Gasteiger charge is 2.17. The van der Waals surface area contributed by atoms with Crippen LogP contribution in [0.25, 0.3) is 11.0 Å². The van der Waals surface area contributed by atoms with Crippen LogP contribution in [0.3, 0.4) is 0 Å². The quantitative estimate of drug-likeness (QED) is 0.902. The SMILES string of the molecule is Cc1cc(C)c2c(N)nc(NCCC3CCCN(C)C3)nc2n1. The van der Waals surface area contributed by atoms with Crippen LogP contribution >= 0.6 is 0 Å². The third-order valence-corrected chi connectivity index (χ3v) is 4.58. The van der Waals surface area contributed by atoms with Crippen LogP contribution in [0.5, 0.6) is 0 Å². The first-order valence-electron chi connectivity index (χ1n) is 8.37. The first-order valence-corrected chi connectivity index (χ1v) is 8.37. The zero-order valence-electron chi connectivity index (χ0n) is 14.3. The Morgan fingerprint density at radius 2 is 2.13 bits per heavy atom. The van der Waals surface area contributed by atoms with E-state index in [1.54, 1.807) is 0 Å². The van der Waals surface area contributed by atoms with Crippen LogP contribution < -0.4 is 11.1 Å². The molecule has 1 fully saturated rings. The van der Waals surface area contributed by atoms with Gasteiger partial charge >= 0.3 is 0 Å². The number of fused-ring (bicyclic) bond motifs is 1. The van der Waals surface area contributed by atoms with Gasteiger partial charge in [0, 0.05) is 18.8 Å². The number of nitrogens with two attached hydrogens (primary N) is 1. The molecular weight excluding hydrogens is 288 g/mol. The maximum atomic E-state index is 6.10. The van der Waals surface area contributed by atoms with Crippen LogP contribution in [0.2, 0.25) is 0 Å². The van der Waals surface area contributed by atoms with Crippen LogP contribution in [-0.4, -0.2) is 46.5 Å². The van der Waals surface area contributed by atoms with Crippen LogP contribution in [0.4, 0.5) is 11.8 Å². The molecule has 0 aromatic carbocycles. The fourth-order valence-corrected chi connectivity index (χ4v) is 3.49. The minimum Gasteiger partial charge on any atom is -0.383 e. The lowest BCUT2D eigenvalue weighted by Crippen LogP contribution is -2.32. The Kier molecular flexibility index (Phi) is 4.61. The molecule has 0 saturated carbocycles. The molecule has 0 spiro atoms. The van der Waals surface area contributed by atoms with Crippen molar-refractivity contribution in [3.63, 3.8) is 0 Å². The highest BCUT2D eigenvalue weighted by molar-refractivity contribution is 5.89. The van der Waals surface area contributed by atoms with Gasteiger partial charge in [0.15, 0.2) is 5.65 Å². The topological polar surface area (TPSA) is 80.0 Å². The molecule has 6 nitrogen and oxygen atoms in total. The molecule has 23 heavy (non-hydrogen) atoms. The zero-order valence-corrected chi connectivity index (χ0v) is 14.3. The average Bonchev–Trinajstić information content (AvgIpc) is 2.46. The molecule has 1 unspecified atom stereocenters. The van der Waals surface area contributed by atoms with E-state index in [1.807, 2.05) is 19.9 Å². The van der Waals surface area contributed by atoms with Gasteiger partial charge in [-0.25, -0.2) is 4.98 Å². The van der Waals surface area contributed by atoms with E-state index in [-0.39, 0.29) is 0 Å². The summed E-state index contributed by atoms with van der Waals surface area (Å²) in [4.78, 5) is 15.8. The van der Waals surface area contributed by atoms with Crippen LogP contribution in [-0.2, 0) is 0 Å². The molecule has 3 rings (SSSR count). The maximum Gasteiger partial charge on any atom is 0.226 e. The van der Waals surface area contributed by atoms with E-state index in [4.69, 9.17) is 5.73 Å². The molecule has 2 aromatic rings. The summed E-state index contributed by atoms with van der Waals surface area (Å²) in [5.41, 5.74) is 8.80. The maximum absolute atomic E-state index is 6.10. The van der Waals surface area contributed by atoms with Crippen molar-refractivity contribution in [2.45, 2.75) is 33.1 Å². The van der Waals surface area contributed by atoms with Crippen molar-refractivity contribution >= 4 is 22.8 Å². The van der Waals surface area contributed by atoms with Crippen molar-refractivity contribution in [3.8, 4) is 0 Å². The highest BCUT2D eigenvalue weighted by atomic mass is 15.1. The normalized spacial score (nSPS) is 19.2. The van der Waals surface area contributed by atoms with Gasteiger partial charge in [0.2, 0.25) is 5.95 Å². The molecule has 2 aromatic heterocycles. The van der Waals surface area contributed by atoms with Gasteiger partial charge in [0.25, 0.3) is 0 Å². The Morgan fingerprint density at radius 3 is 2.91 bits per heavy atom. The van der Waals surface area contributed by atoms with E-state index >= 15 is 0 Å². The second-order valence-electron chi connectivity index (χ2n) is 6.70. The lowest BCUT2D eigenvalue weighted by atomic mass is 9.95. The largest absolute Gasteiger partial charge is 0.383 e. The summed E-state index contributed by atoms with van der Waals surface area (Å²) in [5.74, 6) is 1.83. The van der Waals surface area contributed by atoms with E-state index < -0.39 is 0 Å². The molecule has 124 valence electrons. The molecule has 1 aliphatic heterocycles. The van der Waals surface area contributed by atoms with E-state index in [1.165, 1.54) is 25.9 Å². The van der Waals surface area contributed by atoms with Crippen LogP contribution in [0.15, 0.2) is 6.07 Å². The van der Waals surface area contributed by atoms with Crippen molar-refractivity contribution in [1.82, 2.24) is 19.9 Å². The lowest BCUT2D eigenvalue weighted by molar-refractivity contribution is 0.205. The summed E-state index contributed by atoms with van der Waals surface area (Å²) in [6.45, 7) is 7.26. The minimum atomic E-state index is 0.500. The van der Waals surface area contributed by atoms with Crippen LogP contribution in [0.1, 0.15) is 30.5 Å². The second kappa shape index (κ2) is 6.66. The number of rotatable bonds is 4. The smallest absolute Gasteiger partial charge is 0.226 e. The number of pyridine rings is 1. The number of hydrogen-bond donors (Lipinski definition) is 2. The fourth-order valence-electron chi connectivity index (χ4n) is 3.49. The van der Waals surface area contributed by atoms with Crippen molar-refractivity contribution < 1.29 is 0 Å². The number of nitrogens with one attached hydrogen (secondary N) is 1. The number of nitrogen functional groups attached to an aromatic ring is 1. The Labute approximate surface area is 137 Å². The van der Waals surface area contributed by atoms with E-state index in [0.29, 0.717) is 17.4 Å². The van der Waals surface area contributed by atoms with Gasteiger partial charge in [-0.3, -0.25) is 0 Å². The number of hydrogen-bond acceptors (Lipinski definition) is 6. The van der Waals surface area contributed by atoms with Gasteiger partial charge in [-0.1, -0.05) is 0 Å². The average molecular weight is 314 g/mol. The molecule has 3 N–H and O–H groups in total. The predicted molar refractivity (Wildman–Crippen MR) is 94.5 cm³/mol. The van der Waals surface area contributed by atoms with Crippen molar-refractivity contribution in [2.24, 2.45) is 5.92 Å². The Bertz CT molecular complexity index is 699. The molecule has 0 aliphatic carbocycles. The number of aromatic nitrogens is 3. The summed E-state index contributed by atoms with van der Waals surface area (Å²) in [7, 11) is 2.20. The van der Waals surface area contributed by atoms with Crippen molar-refractivity contribution in [3.05, 3.63) is 17.3 Å².